The van der Waals surface area contributed by atoms with Crippen LogP contribution in [0.15, 0.2) is 24.3 Å². The van der Waals surface area contributed by atoms with E-state index in [2.05, 4.69) is 50.4 Å². The van der Waals surface area contributed by atoms with Crippen LogP contribution in [0, 0.1) is 0 Å². The third-order valence-electron chi connectivity index (χ3n) is 12.3. The summed E-state index contributed by atoms with van der Waals surface area (Å²) < 4.78 is 5.93. The fourth-order valence-corrected chi connectivity index (χ4v) is 8.19. The van der Waals surface area contributed by atoms with Crippen LogP contribution in [-0.2, 0) is 14.3 Å². The number of aliphatic hydroxyl groups excluding tert-OH is 2. The number of hydrogen-bond donors (Lipinski definition) is 3. The van der Waals surface area contributed by atoms with Gasteiger partial charge in [-0.25, -0.2) is 0 Å². The Bertz CT molecular complexity index is 950. The van der Waals surface area contributed by atoms with Gasteiger partial charge in [0.25, 0.3) is 0 Å². The number of carbonyl (C=O) groups excluding carboxylic acids is 2. The van der Waals surface area contributed by atoms with Crippen molar-refractivity contribution in [3.63, 3.8) is 0 Å². The Balaban J connectivity index is 4.59. The zero-order chi connectivity index (χ0) is 43.8. The largest absolute Gasteiger partial charge is 0.462 e. The topological polar surface area (TPSA) is 95.9 Å². The monoisotopic (exact) mass is 846 g/mol. The molecule has 0 heterocycles. The first-order chi connectivity index (χ1) is 29.5. The van der Waals surface area contributed by atoms with Gasteiger partial charge >= 0.3 is 5.97 Å². The summed E-state index contributed by atoms with van der Waals surface area (Å²) in [5, 5.41) is 23.8. The number of esters is 1. The second-order valence-electron chi connectivity index (χ2n) is 18.3. The predicted octanol–water partition coefficient (Wildman–Crippen LogP) is 15.9. The fraction of sp³-hybridized carbons (Fsp3) is 0.889. The van der Waals surface area contributed by atoms with E-state index in [1.165, 1.54) is 173 Å². The van der Waals surface area contributed by atoms with Gasteiger partial charge in [-0.2, -0.15) is 0 Å². The summed E-state index contributed by atoms with van der Waals surface area (Å²) in [5.74, 6) is -0.489. The molecule has 1 amide bonds. The molecule has 0 aromatic carbocycles. The maximum Gasteiger partial charge on any atom is 0.306 e. The molecule has 0 spiro atoms. The van der Waals surface area contributed by atoms with E-state index in [4.69, 9.17) is 4.74 Å². The van der Waals surface area contributed by atoms with Gasteiger partial charge in [-0.15, -0.1) is 0 Å². The molecule has 0 radical (unpaired) electrons. The molecule has 3 unspecified atom stereocenters. The van der Waals surface area contributed by atoms with Crippen molar-refractivity contribution in [1.29, 1.82) is 0 Å². The predicted molar refractivity (Wildman–Crippen MR) is 260 cm³/mol. The van der Waals surface area contributed by atoms with Crippen LogP contribution in [0.2, 0.25) is 0 Å². The lowest BCUT2D eigenvalue weighted by Gasteiger charge is -2.24. The van der Waals surface area contributed by atoms with E-state index >= 15 is 0 Å². The number of unbranched alkanes of at least 4 members (excludes halogenated alkanes) is 32. The molecule has 0 aliphatic carbocycles. The molecule has 60 heavy (non-hydrogen) atoms. The number of allylic oxidation sites excluding steroid dienone is 4. The third kappa shape index (κ3) is 43.0. The number of ether oxygens (including phenoxy) is 1. The van der Waals surface area contributed by atoms with Crippen LogP contribution < -0.4 is 5.32 Å². The zero-order valence-electron chi connectivity index (χ0n) is 40.4. The molecule has 0 aromatic heterocycles. The van der Waals surface area contributed by atoms with Crippen molar-refractivity contribution in [2.24, 2.45) is 0 Å². The van der Waals surface area contributed by atoms with Gasteiger partial charge in [0.1, 0.15) is 6.10 Å². The quantitative estimate of drug-likeness (QED) is 0.0322. The molecule has 3 N–H and O–H groups in total. The van der Waals surface area contributed by atoms with Crippen LogP contribution in [0.1, 0.15) is 284 Å². The smallest absolute Gasteiger partial charge is 0.306 e. The van der Waals surface area contributed by atoms with Gasteiger partial charge in [0.2, 0.25) is 5.91 Å². The van der Waals surface area contributed by atoms with Crippen LogP contribution in [0.4, 0.5) is 0 Å². The Morgan fingerprint density at radius 3 is 1.18 bits per heavy atom. The van der Waals surface area contributed by atoms with Gasteiger partial charge in [0.15, 0.2) is 0 Å². The molecule has 0 bridgehead atoms. The normalized spacial score (nSPS) is 13.3. The Labute approximate surface area is 373 Å². The second-order valence-corrected chi connectivity index (χ2v) is 18.3. The van der Waals surface area contributed by atoms with E-state index in [1.54, 1.807) is 0 Å². The maximum absolute atomic E-state index is 13.2. The average molecular weight is 846 g/mol. The van der Waals surface area contributed by atoms with Gasteiger partial charge in [0.05, 0.1) is 25.2 Å². The molecular weight excluding hydrogens is 743 g/mol. The Morgan fingerprint density at radius 2 is 0.800 bits per heavy atom. The minimum absolute atomic E-state index is 0.0699. The number of nitrogens with one attached hydrogen (secondary N) is 1. The molecule has 0 aromatic rings. The van der Waals surface area contributed by atoms with Crippen LogP contribution in [0.5, 0.6) is 0 Å². The average Bonchev–Trinajstić information content (AvgIpc) is 3.24. The third-order valence-corrected chi connectivity index (χ3v) is 12.3. The van der Waals surface area contributed by atoms with Gasteiger partial charge in [-0.3, -0.25) is 9.59 Å². The Kier molecular flexibility index (Phi) is 47.0. The fourth-order valence-electron chi connectivity index (χ4n) is 8.19. The van der Waals surface area contributed by atoms with E-state index in [1.807, 2.05) is 0 Å². The summed E-state index contributed by atoms with van der Waals surface area (Å²) in [6.45, 7) is 6.48. The number of amides is 1. The van der Waals surface area contributed by atoms with Crippen LogP contribution in [0.25, 0.3) is 0 Å². The van der Waals surface area contributed by atoms with Crippen LogP contribution in [-0.4, -0.2) is 46.9 Å². The van der Waals surface area contributed by atoms with Crippen LogP contribution in [0.3, 0.4) is 0 Å². The molecule has 0 rings (SSSR count). The minimum Gasteiger partial charge on any atom is -0.462 e. The number of hydrogen-bond acceptors (Lipinski definition) is 5. The van der Waals surface area contributed by atoms with Gasteiger partial charge in [0, 0.05) is 6.42 Å². The van der Waals surface area contributed by atoms with Gasteiger partial charge in [-0.05, 0) is 77.0 Å². The van der Waals surface area contributed by atoms with Crippen molar-refractivity contribution >= 4 is 11.9 Å². The highest BCUT2D eigenvalue weighted by molar-refractivity contribution is 5.77. The minimum atomic E-state index is -0.788. The number of rotatable bonds is 48. The van der Waals surface area contributed by atoms with Crippen molar-refractivity contribution in [2.45, 2.75) is 302 Å². The molecular formula is C54H103NO5. The van der Waals surface area contributed by atoms with Crippen molar-refractivity contribution in [3.8, 4) is 0 Å². The first-order valence-corrected chi connectivity index (χ1v) is 26.6. The van der Waals surface area contributed by atoms with E-state index in [0.717, 1.165) is 64.2 Å². The highest BCUT2D eigenvalue weighted by Crippen LogP contribution is 2.18. The Morgan fingerprint density at radius 1 is 0.467 bits per heavy atom. The summed E-state index contributed by atoms with van der Waals surface area (Å²) in [5.41, 5.74) is 0. The first-order valence-electron chi connectivity index (χ1n) is 26.6. The summed E-state index contributed by atoms with van der Waals surface area (Å²) >= 11 is 0. The summed E-state index contributed by atoms with van der Waals surface area (Å²) in [6.07, 6.45) is 55.2. The summed E-state index contributed by atoms with van der Waals surface area (Å²) in [7, 11) is 0. The highest BCUT2D eigenvalue weighted by Gasteiger charge is 2.24. The number of aliphatic hydroxyl groups is 2. The van der Waals surface area contributed by atoms with E-state index < -0.39 is 18.2 Å². The standard InChI is InChI=1S/C54H103NO5/c1-4-7-10-13-16-19-22-25-26-29-30-33-36-39-42-45-50(60-54(59)47-44-41-38-35-32-28-24-21-18-15-12-9-6-3)48-53(58)55-51(49-56)52(57)46-43-40-37-34-31-27-23-20-17-14-11-8-5-2/h25-26,28,32,50-52,56-57H,4-24,27,29-31,33-49H2,1-3H3,(H,55,58)/b26-25+,32-28-. The number of carbonyl (C=O) groups is 2. The lowest BCUT2D eigenvalue weighted by atomic mass is 10.0. The summed E-state index contributed by atoms with van der Waals surface area (Å²) in [6, 6.07) is -0.703. The molecule has 3 atom stereocenters. The van der Waals surface area contributed by atoms with Crippen molar-refractivity contribution in [1.82, 2.24) is 5.32 Å². The lowest BCUT2D eigenvalue weighted by molar-refractivity contribution is -0.151. The van der Waals surface area contributed by atoms with Gasteiger partial charge < -0.3 is 20.3 Å². The molecule has 0 fully saturated rings. The second kappa shape index (κ2) is 48.4. The van der Waals surface area contributed by atoms with E-state index in [0.29, 0.717) is 19.3 Å². The van der Waals surface area contributed by atoms with Gasteiger partial charge in [-0.1, -0.05) is 218 Å². The molecule has 0 saturated heterocycles. The molecule has 6 heteroatoms. The SMILES string of the molecule is CCCCCCCC/C=C\CCCCCC(=O)OC(CCCCCCC/C=C/CCCCCCCC)CC(=O)NC(CO)C(O)CCCCCCCCCCCCCCC. The Hall–Kier alpha value is -1.66. The van der Waals surface area contributed by atoms with Crippen molar-refractivity contribution in [2.75, 3.05) is 6.61 Å². The lowest BCUT2D eigenvalue weighted by Crippen LogP contribution is -2.46. The molecule has 0 saturated carbocycles. The molecule has 0 aliphatic rings. The maximum atomic E-state index is 13.2. The van der Waals surface area contributed by atoms with Crippen molar-refractivity contribution in [3.05, 3.63) is 24.3 Å². The molecule has 354 valence electrons. The zero-order valence-corrected chi connectivity index (χ0v) is 40.4. The molecule has 6 nitrogen and oxygen atoms in total. The first kappa shape index (κ1) is 58.3. The van der Waals surface area contributed by atoms with Crippen molar-refractivity contribution < 1.29 is 24.5 Å². The van der Waals surface area contributed by atoms with E-state index in [-0.39, 0.29) is 24.9 Å². The highest BCUT2D eigenvalue weighted by atomic mass is 16.5. The van der Waals surface area contributed by atoms with E-state index in [9.17, 15) is 19.8 Å². The summed E-state index contributed by atoms with van der Waals surface area (Å²) in [4.78, 5) is 26.1. The molecule has 0 aliphatic heterocycles. The van der Waals surface area contributed by atoms with Crippen LogP contribution >= 0.6 is 0 Å².